The maximum absolute atomic E-state index is 12.7. The molecular weight excluding hydrogens is 202 g/mol. The van der Waals surface area contributed by atoms with Crippen LogP contribution >= 0.6 is 0 Å². The summed E-state index contributed by atoms with van der Waals surface area (Å²) in [5.74, 6) is -2.09. The predicted molar refractivity (Wildman–Crippen MR) is 41.0 cm³/mol. The molecule has 0 amide bonds. The van der Waals surface area contributed by atoms with E-state index in [0.29, 0.717) is 0 Å². The highest BCUT2D eigenvalue weighted by molar-refractivity contribution is 5.42. The van der Waals surface area contributed by atoms with Gasteiger partial charge in [0.25, 0.3) is 0 Å². The molecule has 0 heterocycles. The summed E-state index contributed by atoms with van der Waals surface area (Å²) in [6, 6.07) is 0.999. The molecule has 0 spiro atoms. The van der Waals surface area contributed by atoms with Gasteiger partial charge in [-0.05, 0) is 12.1 Å². The van der Waals surface area contributed by atoms with E-state index in [4.69, 9.17) is 10.8 Å². The molecule has 1 aromatic rings. The van der Waals surface area contributed by atoms with Gasteiger partial charge < -0.3 is 10.8 Å². The summed E-state index contributed by atoms with van der Waals surface area (Å²) in [6.07, 6.45) is -4.78. The van der Waals surface area contributed by atoms with Gasteiger partial charge in [0, 0.05) is 12.1 Å². The van der Waals surface area contributed by atoms with E-state index in [1.807, 2.05) is 0 Å². The molecule has 1 rings (SSSR count). The molecule has 3 N–H and O–H groups in total. The lowest BCUT2D eigenvalue weighted by molar-refractivity contribution is -0.139. The number of rotatable bonds is 1. The van der Waals surface area contributed by atoms with Crippen LogP contribution < -0.4 is 5.73 Å². The van der Waals surface area contributed by atoms with Crippen LogP contribution in [-0.2, 0) is 12.7 Å². The highest BCUT2D eigenvalue weighted by Crippen LogP contribution is 2.37. The van der Waals surface area contributed by atoms with E-state index in [9.17, 15) is 17.6 Å². The van der Waals surface area contributed by atoms with Gasteiger partial charge in [0.1, 0.15) is 17.1 Å². The van der Waals surface area contributed by atoms with Crippen LogP contribution in [0.15, 0.2) is 12.1 Å². The molecule has 0 aliphatic heterocycles. The number of hydrogen-bond donors (Lipinski definition) is 2. The van der Waals surface area contributed by atoms with Crippen molar-refractivity contribution in [2.24, 2.45) is 5.73 Å². The zero-order chi connectivity index (χ0) is 10.9. The van der Waals surface area contributed by atoms with Gasteiger partial charge in [-0.2, -0.15) is 13.2 Å². The van der Waals surface area contributed by atoms with Gasteiger partial charge in [0.15, 0.2) is 0 Å². The van der Waals surface area contributed by atoms with E-state index >= 15 is 0 Å². The molecule has 0 unspecified atom stereocenters. The van der Waals surface area contributed by atoms with Crippen LogP contribution in [0.2, 0.25) is 0 Å². The van der Waals surface area contributed by atoms with Crippen molar-refractivity contribution in [3.8, 4) is 5.75 Å². The zero-order valence-corrected chi connectivity index (χ0v) is 6.90. The molecular formula is C8H7F4NO. The molecule has 0 saturated carbocycles. The number of benzene rings is 1. The third kappa shape index (κ3) is 1.95. The van der Waals surface area contributed by atoms with Crippen molar-refractivity contribution in [1.82, 2.24) is 0 Å². The highest BCUT2D eigenvalue weighted by atomic mass is 19.4. The summed E-state index contributed by atoms with van der Waals surface area (Å²) in [4.78, 5) is 0. The third-order valence-corrected chi connectivity index (χ3v) is 1.68. The molecule has 0 aromatic heterocycles. The lowest BCUT2D eigenvalue weighted by Crippen LogP contribution is -2.09. The molecule has 78 valence electrons. The maximum Gasteiger partial charge on any atom is 0.420 e. The fourth-order valence-corrected chi connectivity index (χ4v) is 1.03. The van der Waals surface area contributed by atoms with Crippen LogP contribution in [0.4, 0.5) is 17.6 Å². The summed E-state index contributed by atoms with van der Waals surface area (Å²) in [5.41, 5.74) is 3.37. The Bertz CT molecular complexity index is 348. The molecule has 2 nitrogen and oxygen atoms in total. The van der Waals surface area contributed by atoms with E-state index in [1.165, 1.54) is 0 Å². The van der Waals surface area contributed by atoms with Crippen molar-refractivity contribution < 1.29 is 22.7 Å². The number of aromatic hydroxyl groups is 1. The first-order valence-electron chi connectivity index (χ1n) is 3.65. The third-order valence-electron chi connectivity index (χ3n) is 1.68. The Morgan fingerprint density at radius 3 is 2.29 bits per heavy atom. The van der Waals surface area contributed by atoms with Crippen LogP contribution in [0.3, 0.4) is 0 Å². The summed E-state index contributed by atoms with van der Waals surface area (Å²) >= 11 is 0. The van der Waals surface area contributed by atoms with Crippen LogP contribution in [0, 0.1) is 5.82 Å². The Labute approximate surface area is 77.0 Å². The number of alkyl halides is 3. The van der Waals surface area contributed by atoms with E-state index in [-0.39, 0.29) is 18.2 Å². The molecule has 6 heteroatoms. The number of hydrogen-bond acceptors (Lipinski definition) is 2. The second-order valence-corrected chi connectivity index (χ2v) is 2.66. The standard InChI is InChI=1S/C8H7F4NO/c9-5-1-4(3-13)7(14)6(2-5)8(10,11)12/h1-2,14H,3,13H2. The highest BCUT2D eigenvalue weighted by Gasteiger charge is 2.35. The Balaban J connectivity index is 3.37. The van der Waals surface area contributed by atoms with Crippen LogP contribution in [0.25, 0.3) is 0 Å². The van der Waals surface area contributed by atoms with Crippen LogP contribution in [-0.4, -0.2) is 5.11 Å². The second kappa shape index (κ2) is 3.45. The fourth-order valence-electron chi connectivity index (χ4n) is 1.03. The van der Waals surface area contributed by atoms with E-state index in [2.05, 4.69) is 0 Å². The first-order valence-corrected chi connectivity index (χ1v) is 3.65. The maximum atomic E-state index is 12.7. The molecule has 0 atom stereocenters. The van der Waals surface area contributed by atoms with Crippen molar-refractivity contribution in [3.63, 3.8) is 0 Å². The first-order chi connectivity index (χ1) is 6.36. The molecule has 0 saturated heterocycles. The number of phenolic OH excluding ortho intramolecular Hbond substituents is 1. The minimum absolute atomic E-state index is 0.231. The SMILES string of the molecule is NCc1cc(F)cc(C(F)(F)F)c1O. The van der Waals surface area contributed by atoms with Gasteiger partial charge in [-0.3, -0.25) is 0 Å². The molecule has 1 aromatic carbocycles. The second-order valence-electron chi connectivity index (χ2n) is 2.66. The molecule has 0 bridgehead atoms. The Morgan fingerprint density at radius 2 is 1.86 bits per heavy atom. The van der Waals surface area contributed by atoms with Crippen molar-refractivity contribution in [2.75, 3.05) is 0 Å². The van der Waals surface area contributed by atoms with Crippen LogP contribution in [0.5, 0.6) is 5.75 Å². The summed E-state index contributed by atoms with van der Waals surface area (Å²) in [6.45, 7) is -0.354. The largest absolute Gasteiger partial charge is 0.507 e. The Morgan fingerprint density at radius 1 is 1.29 bits per heavy atom. The molecule has 0 radical (unpaired) electrons. The first kappa shape index (κ1) is 10.8. The van der Waals surface area contributed by atoms with Crippen LogP contribution in [0.1, 0.15) is 11.1 Å². The normalized spacial score (nSPS) is 11.8. The van der Waals surface area contributed by atoms with E-state index in [1.54, 1.807) is 0 Å². The Kier molecular flexibility index (Phi) is 2.66. The lowest BCUT2D eigenvalue weighted by Gasteiger charge is -2.11. The Hall–Kier alpha value is -1.30. The van der Waals surface area contributed by atoms with Gasteiger partial charge in [-0.15, -0.1) is 0 Å². The molecule has 14 heavy (non-hydrogen) atoms. The topological polar surface area (TPSA) is 46.2 Å². The average Bonchev–Trinajstić information content (AvgIpc) is 2.06. The number of phenols is 1. The molecule has 0 aliphatic carbocycles. The zero-order valence-electron chi connectivity index (χ0n) is 6.90. The van der Waals surface area contributed by atoms with Gasteiger partial charge in [-0.1, -0.05) is 0 Å². The summed E-state index contributed by atoms with van der Waals surface area (Å²) in [7, 11) is 0. The van der Waals surface area contributed by atoms with Crippen molar-refractivity contribution >= 4 is 0 Å². The monoisotopic (exact) mass is 209 g/mol. The smallest absolute Gasteiger partial charge is 0.420 e. The van der Waals surface area contributed by atoms with Gasteiger partial charge in [0.2, 0.25) is 0 Å². The van der Waals surface area contributed by atoms with Crippen molar-refractivity contribution in [1.29, 1.82) is 0 Å². The van der Waals surface area contributed by atoms with E-state index in [0.717, 1.165) is 6.07 Å². The van der Waals surface area contributed by atoms with E-state index < -0.39 is 23.3 Å². The predicted octanol–water partition coefficient (Wildman–Crippen LogP) is 2.01. The number of nitrogens with two attached hydrogens (primary N) is 1. The molecule has 0 fully saturated rings. The summed E-state index contributed by atoms with van der Waals surface area (Å²) in [5, 5.41) is 9.08. The minimum Gasteiger partial charge on any atom is -0.507 e. The van der Waals surface area contributed by atoms with Crippen molar-refractivity contribution in [2.45, 2.75) is 12.7 Å². The fraction of sp³-hybridized carbons (Fsp3) is 0.250. The minimum atomic E-state index is -4.78. The quantitative estimate of drug-likeness (QED) is 0.695. The van der Waals surface area contributed by atoms with Gasteiger partial charge >= 0.3 is 6.18 Å². The van der Waals surface area contributed by atoms with Crippen molar-refractivity contribution in [3.05, 3.63) is 29.1 Å². The molecule has 0 aliphatic rings. The van der Waals surface area contributed by atoms with Gasteiger partial charge in [-0.25, -0.2) is 4.39 Å². The lowest BCUT2D eigenvalue weighted by atomic mass is 10.1. The summed E-state index contributed by atoms with van der Waals surface area (Å²) < 4.78 is 49.2. The number of halogens is 4. The van der Waals surface area contributed by atoms with Gasteiger partial charge in [0.05, 0.1) is 0 Å². The average molecular weight is 209 g/mol.